The third-order valence-electron chi connectivity index (χ3n) is 12.3. The van der Waals surface area contributed by atoms with Crippen LogP contribution >= 0.6 is 0 Å². The van der Waals surface area contributed by atoms with E-state index in [0.717, 1.165) is 65.1 Å². The Labute approximate surface area is 209 Å². The Morgan fingerprint density at radius 3 is 2.00 bits per heavy atom. The van der Waals surface area contributed by atoms with Crippen LogP contribution in [0.2, 0.25) is 0 Å². The average Bonchev–Trinajstić information content (AvgIpc) is 2.91. The van der Waals surface area contributed by atoms with Crippen molar-refractivity contribution in [3.8, 4) is 0 Å². The van der Waals surface area contributed by atoms with Gasteiger partial charge in [-0.3, -0.25) is 0 Å². The second-order valence-electron chi connectivity index (χ2n) is 13.5. The summed E-state index contributed by atoms with van der Waals surface area (Å²) in [6.07, 6.45) is 40.5. The first-order valence-electron chi connectivity index (χ1n) is 15.6. The molecule has 0 aromatic rings. The third-order valence-corrected chi connectivity index (χ3v) is 12.3. The summed E-state index contributed by atoms with van der Waals surface area (Å²) < 4.78 is 0. The molecule has 4 saturated carbocycles. The summed E-state index contributed by atoms with van der Waals surface area (Å²) in [5, 5.41) is 0. The molecule has 0 radical (unpaired) electrons. The van der Waals surface area contributed by atoms with Gasteiger partial charge in [0.1, 0.15) is 0 Å². The van der Waals surface area contributed by atoms with E-state index in [-0.39, 0.29) is 0 Å². The molecule has 11 unspecified atom stereocenters. The van der Waals surface area contributed by atoms with E-state index in [1.807, 2.05) is 5.57 Å². The van der Waals surface area contributed by atoms with Crippen molar-refractivity contribution >= 4 is 0 Å². The van der Waals surface area contributed by atoms with E-state index in [1.165, 1.54) is 83.5 Å². The molecule has 184 valence electrons. The number of allylic oxidation sites excluding steroid dienone is 8. The summed E-state index contributed by atoms with van der Waals surface area (Å²) in [6.45, 7) is 0. The SMILES string of the molecule is C1=CC(C2C3CC=CCC3C(C3C=CCC4CCCCC43)C3CCCCC32)C2CCCCC2=C1. The fourth-order valence-corrected chi connectivity index (χ4v) is 11.2. The number of rotatable bonds is 2. The van der Waals surface area contributed by atoms with Gasteiger partial charge in [0.25, 0.3) is 0 Å². The fourth-order valence-electron chi connectivity index (χ4n) is 11.2. The highest BCUT2D eigenvalue weighted by molar-refractivity contribution is 5.27. The zero-order valence-corrected chi connectivity index (χ0v) is 21.5. The van der Waals surface area contributed by atoms with E-state index in [4.69, 9.17) is 0 Å². The molecular weight excluding hydrogens is 408 g/mol. The summed E-state index contributed by atoms with van der Waals surface area (Å²) >= 11 is 0. The maximum absolute atomic E-state index is 2.79. The van der Waals surface area contributed by atoms with Gasteiger partial charge in [-0.05, 0) is 129 Å². The van der Waals surface area contributed by atoms with Crippen molar-refractivity contribution in [1.29, 1.82) is 0 Å². The summed E-state index contributed by atoms with van der Waals surface area (Å²) in [6, 6.07) is 0. The van der Waals surface area contributed by atoms with Gasteiger partial charge in [-0.2, -0.15) is 0 Å². The minimum atomic E-state index is 0.843. The van der Waals surface area contributed by atoms with Gasteiger partial charge < -0.3 is 0 Å². The van der Waals surface area contributed by atoms with Gasteiger partial charge in [-0.25, -0.2) is 0 Å². The van der Waals surface area contributed by atoms with E-state index >= 15 is 0 Å². The molecule has 7 aliphatic rings. The minimum Gasteiger partial charge on any atom is -0.0882 e. The molecule has 0 aromatic heterocycles. The van der Waals surface area contributed by atoms with Crippen LogP contribution in [-0.4, -0.2) is 0 Å². The lowest BCUT2D eigenvalue weighted by Crippen LogP contribution is -2.54. The van der Waals surface area contributed by atoms with Gasteiger partial charge in [0.15, 0.2) is 0 Å². The molecule has 0 N–H and O–H groups in total. The zero-order valence-electron chi connectivity index (χ0n) is 21.5. The van der Waals surface area contributed by atoms with Crippen LogP contribution in [0.25, 0.3) is 0 Å². The maximum atomic E-state index is 2.79. The summed E-state index contributed by atoms with van der Waals surface area (Å²) in [5.74, 6) is 10.5. The lowest BCUT2D eigenvalue weighted by molar-refractivity contribution is -0.0963. The van der Waals surface area contributed by atoms with Crippen LogP contribution in [0.15, 0.2) is 48.1 Å². The molecule has 0 bridgehead atoms. The first-order chi connectivity index (χ1) is 16.9. The Morgan fingerprint density at radius 1 is 0.529 bits per heavy atom. The molecule has 0 nitrogen and oxygen atoms in total. The molecule has 7 aliphatic carbocycles. The average molecular weight is 457 g/mol. The molecule has 11 atom stereocenters. The van der Waals surface area contributed by atoms with E-state index in [1.54, 1.807) is 12.8 Å². The lowest BCUT2D eigenvalue weighted by atomic mass is 9.44. The highest BCUT2D eigenvalue weighted by atomic mass is 14.6. The molecule has 0 saturated heterocycles. The maximum Gasteiger partial charge on any atom is -0.0131 e. The zero-order chi connectivity index (χ0) is 22.5. The largest absolute Gasteiger partial charge is 0.0882 e. The van der Waals surface area contributed by atoms with Crippen LogP contribution in [0.4, 0.5) is 0 Å². The Balaban J connectivity index is 1.26. The van der Waals surface area contributed by atoms with Gasteiger partial charge in [-0.15, -0.1) is 0 Å². The van der Waals surface area contributed by atoms with Crippen molar-refractivity contribution in [2.24, 2.45) is 65.1 Å². The van der Waals surface area contributed by atoms with Crippen molar-refractivity contribution in [3.05, 3.63) is 48.1 Å². The van der Waals surface area contributed by atoms with Crippen LogP contribution in [0.5, 0.6) is 0 Å². The highest BCUT2D eigenvalue weighted by Crippen LogP contribution is 2.63. The first-order valence-corrected chi connectivity index (χ1v) is 15.6. The summed E-state index contributed by atoms with van der Waals surface area (Å²) in [4.78, 5) is 0. The molecule has 0 spiro atoms. The smallest absolute Gasteiger partial charge is 0.0131 e. The fraction of sp³-hybridized carbons (Fsp3) is 0.765. The van der Waals surface area contributed by atoms with Crippen molar-refractivity contribution < 1.29 is 0 Å². The van der Waals surface area contributed by atoms with Gasteiger partial charge >= 0.3 is 0 Å². The number of fused-ring (bicyclic) bond motifs is 4. The molecule has 4 fully saturated rings. The molecule has 0 aliphatic heterocycles. The number of hydrogen-bond acceptors (Lipinski definition) is 0. The Morgan fingerprint density at radius 2 is 1.21 bits per heavy atom. The Kier molecular flexibility index (Phi) is 6.16. The van der Waals surface area contributed by atoms with E-state index < -0.39 is 0 Å². The van der Waals surface area contributed by atoms with Crippen LogP contribution < -0.4 is 0 Å². The van der Waals surface area contributed by atoms with Crippen molar-refractivity contribution in [2.75, 3.05) is 0 Å². The predicted molar refractivity (Wildman–Crippen MR) is 143 cm³/mol. The number of hydrogen-bond donors (Lipinski definition) is 0. The van der Waals surface area contributed by atoms with Crippen molar-refractivity contribution in [1.82, 2.24) is 0 Å². The van der Waals surface area contributed by atoms with Crippen LogP contribution in [0.1, 0.15) is 96.3 Å². The monoisotopic (exact) mass is 456 g/mol. The standard InChI is InChI=1S/C34H48/c1-3-15-25-23(11-1)13-9-21-27(25)33-29-17-5-7-19-31(29)34(32-20-8-6-18-30(32)33)28-22-10-14-24-12-2-4-16-26(24)28/h5,7,9-10,13,21-22,24-34H,1-4,6,8,11-12,14-20H2. The molecule has 0 heteroatoms. The molecule has 0 amide bonds. The first kappa shape index (κ1) is 22.2. The molecule has 7 rings (SSSR count). The van der Waals surface area contributed by atoms with E-state index in [0.29, 0.717) is 0 Å². The predicted octanol–water partition coefficient (Wildman–Crippen LogP) is 9.31. The molecule has 0 heterocycles. The Hall–Kier alpha value is -1.04. The van der Waals surface area contributed by atoms with Gasteiger partial charge in [-0.1, -0.05) is 80.2 Å². The second-order valence-corrected chi connectivity index (χ2v) is 13.5. The quantitative estimate of drug-likeness (QED) is 0.363. The van der Waals surface area contributed by atoms with Crippen molar-refractivity contribution in [2.45, 2.75) is 96.3 Å². The molecule has 34 heavy (non-hydrogen) atoms. The second kappa shape index (κ2) is 9.44. The highest BCUT2D eigenvalue weighted by Gasteiger charge is 2.56. The van der Waals surface area contributed by atoms with Gasteiger partial charge in [0, 0.05) is 0 Å². The topological polar surface area (TPSA) is 0 Å². The Bertz CT molecular complexity index is 827. The van der Waals surface area contributed by atoms with Crippen LogP contribution in [0.3, 0.4) is 0 Å². The van der Waals surface area contributed by atoms with E-state index in [9.17, 15) is 0 Å². The van der Waals surface area contributed by atoms with Crippen LogP contribution in [-0.2, 0) is 0 Å². The normalized spacial score (nSPS) is 49.9. The van der Waals surface area contributed by atoms with E-state index in [2.05, 4.69) is 42.5 Å². The molecule has 0 aromatic carbocycles. The summed E-state index contributed by atoms with van der Waals surface area (Å²) in [5.41, 5.74) is 1.83. The molecular formula is C34H48. The minimum absolute atomic E-state index is 0.843. The third kappa shape index (κ3) is 3.67. The summed E-state index contributed by atoms with van der Waals surface area (Å²) in [7, 11) is 0. The lowest BCUT2D eigenvalue weighted by Gasteiger charge is -2.60. The van der Waals surface area contributed by atoms with Crippen molar-refractivity contribution in [3.63, 3.8) is 0 Å². The van der Waals surface area contributed by atoms with Gasteiger partial charge in [0.2, 0.25) is 0 Å². The van der Waals surface area contributed by atoms with Crippen LogP contribution in [0, 0.1) is 65.1 Å². The van der Waals surface area contributed by atoms with Gasteiger partial charge in [0.05, 0.1) is 0 Å².